The zero-order valence-corrected chi connectivity index (χ0v) is 15.4. The molecular formula is C19H23F3N4O. The zero-order chi connectivity index (χ0) is 19.8. The number of hydrogen-bond donors (Lipinski definition) is 2. The molecule has 2 aromatic rings. The summed E-state index contributed by atoms with van der Waals surface area (Å²) in [6, 6.07) is 5.81. The van der Waals surface area contributed by atoms with Crippen molar-refractivity contribution < 1.29 is 18.0 Å². The van der Waals surface area contributed by atoms with E-state index in [1.54, 1.807) is 26.0 Å². The minimum atomic E-state index is -4.54. The number of amides is 1. The average Bonchev–Trinajstić information content (AvgIpc) is 3.18. The summed E-state index contributed by atoms with van der Waals surface area (Å²) in [4.78, 5) is 12.3. The summed E-state index contributed by atoms with van der Waals surface area (Å²) in [5.74, 6) is -0.393. The van der Waals surface area contributed by atoms with E-state index in [0.29, 0.717) is 18.5 Å². The van der Waals surface area contributed by atoms with Gasteiger partial charge in [0, 0.05) is 12.2 Å². The van der Waals surface area contributed by atoms with E-state index in [0.717, 1.165) is 30.3 Å². The van der Waals surface area contributed by atoms with E-state index in [9.17, 15) is 18.0 Å². The van der Waals surface area contributed by atoms with Gasteiger partial charge in [0.1, 0.15) is 0 Å². The Hall–Kier alpha value is -2.35. The molecule has 0 aliphatic heterocycles. The molecule has 5 nitrogen and oxygen atoms in total. The molecule has 1 aliphatic rings. The maximum absolute atomic E-state index is 13.6. The van der Waals surface area contributed by atoms with E-state index in [2.05, 4.69) is 10.4 Å². The van der Waals surface area contributed by atoms with E-state index in [4.69, 9.17) is 5.73 Å². The Morgan fingerprint density at radius 3 is 2.48 bits per heavy atom. The fourth-order valence-corrected chi connectivity index (χ4v) is 3.59. The van der Waals surface area contributed by atoms with Crippen LogP contribution in [0.4, 0.5) is 13.2 Å². The van der Waals surface area contributed by atoms with Crippen LogP contribution in [-0.4, -0.2) is 21.2 Å². The molecule has 1 aliphatic carbocycles. The quantitative estimate of drug-likeness (QED) is 0.854. The Balaban J connectivity index is 1.87. The maximum atomic E-state index is 13.6. The summed E-state index contributed by atoms with van der Waals surface area (Å²) < 4.78 is 42.2. The van der Waals surface area contributed by atoms with Gasteiger partial charge in [-0.3, -0.25) is 4.79 Å². The van der Waals surface area contributed by atoms with Gasteiger partial charge in [0.2, 0.25) is 5.91 Å². The van der Waals surface area contributed by atoms with Crippen LogP contribution in [0.25, 0.3) is 5.69 Å². The highest BCUT2D eigenvalue weighted by atomic mass is 19.4. The molecule has 8 heteroatoms. The second-order valence-electron chi connectivity index (χ2n) is 7.22. The molecule has 1 amide bonds. The number of alkyl halides is 3. The fourth-order valence-electron chi connectivity index (χ4n) is 3.59. The summed E-state index contributed by atoms with van der Waals surface area (Å²) >= 11 is 0. The summed E-state index contributed by atoms with van der Waals surface area (Å²) in [6.45, 7) is 3.34. The maximum Gasteiger partial charge on any atom is 0.416 e. The van der Waals surface area contributed by atoms with Crippen molar-refractivity contribution in [1.29, 1.82) is 0 Å². The third-order valence-corrected chi connectivity index (χ3v) is 5.04. The molecule has 0 saturated heterocycles. The van der Waals surface area contributed by atoms with Gasteiger partial charge in [0.15, 0.2) is 0 Å². The van der Waals surface area contributed by atoms with Crippen molar-refractivity contribution in [1.82, 2.24) is 15.1 Å². The van der Waals surface area contributed by atoms with Gasteiger partial charge in [-0.15, -0.1) is 0 Å². The van der Waals surface area contributed by atoms with Crippen LogP contribution in [0, 0.1) is 13.8 Å². The number of hydrogen-bond acceptors (Lipinski definition) is 3. The van der Waals surface area contributed by atoms with E-state index in [1.807, 2.05) is 0 Å². The first kappa shape index (κ1) is 19.4. The normalized spacial score (nSPS) is 16.5. The summed E-state index contributed by atoms with van der Waals surface area (Å²) in [5, 5.41) is 6.81. The van der Waals surface area contributed by atoms with Crippen LogP contribution in [0.3, 0.4) is 0 Å². The van der Waals surface area contributed by atoms with Crippen molar-refractivity contribution in [3.63, 3.8) is 0 Å². The number of nitrogens with two attached hydrogens (primary N) is 1. The zero-order valence-electron chi connectivity index (χ0n) is 15.4. The van der Waals surface area contributed by atoms with Crippen LogP contribution >= 0.6 is 0 Å². The summed E-state index contributed by atoms with van der Waals surface area (Å²) in [7, 11) is 0. The lowest BCUT2D eigenvalue weighted by Gasteiger charge is -2.23. The van der Waals surface area contributed by atoms with Crippen molar-refractivity contribution in [2.45, 2.75) is 57.8 Å². The van der Waals surface area contributed by atoms with Gasteiger partial charge in [0.25, 0.3) is 0 Å². The molecule has 0 radical (unpaired) electrons. The van der Waals surface area contributed by atoms with E-state index in [1.165, 1.54) is 10.7 Å². The molecular weight excluding hydrogens is 357 g/mol. The lowest BCUT2D eigenvalue weighted by atomic mass is 9.97. The first-order valence-electron chi connectivity index (χ1n) is 8.91. The molecule has 146 valence electrons. The number of carbonyl (C=O) groups excluding carboxylic acids is 1. The van der Waals surface area contributed by atoms with Crippen LogP contribution in [0.2, 0.25) is 0 Å². The van der Waals surface area contributed by atoms with Crippen molar-refractivity contribution in [2.75, 3.05) is 0 Å². The minimum absolute atomic E-state index is 0.00253. The molecule has 27 heavy (non-hydrogen) atoms. The number of aromatic nitrogens is 2. The van der Waals surface area contributed by atoms with Gasteiger partial charge in [0.05, 0.1) is 22.5 Å². The van der Waals surface area contributed by atoms with E-state index >= 15 is 0 Å². The summed E-state index contributed by atoms with van der Waals surface area (Å²) in [5.41, 5.74) is 6.11. The van der Waals surface area contributed by atoms with E-state index < -0.39 is 23.2 Å². The third kappa shape index (κ3) is 4.00. The number of nitrogens with one attached hydrogen (secondary N) is 1. The van der Waals surface area contributed by atoms with Crippen molar-refractivity contribution in [3.8, 4) is 5.69 Å². The predicted molar refractivity (Wildman–Crippen MR) is 95.3 cm³/mol. The molecule has 0 atom stereocenters. The number of rotatable bonds is 4. The molecule has 3 rings (SSSR count). The predicted octanol–water partition coefficient (Wildman–Crippen LogP) is 3.40. The van der Waals surface area contributed by atoms with Gasteiger partial charge in [-0.05, 0) is 50.5 Å². The highest BCUT2D eigenvalue weighted by molar-refractivity contribution is 5.86. The molecule has 1 heterocycles. The Morgan fingerprint density at radius 1 is 1.26 bits per heavy atom. The number of halogens is 3. The van der Waals surface area contributed by atoms with E-state index in [-0.39, 0.29) is 12.1 Å². The smallest absolute Gasteiger partial charge is 0.350 e. The molecule has 0 unspecified atom stereocenters. The molecule has 0 spiro atoms. The number of benzene rings is 1. The summed E-state index contributed by atoms with van der Waals surface area (Å²) in [6.07, 6.45) is -1.71. The monoisotopic (exact) mass is 380 g/mol. The molecule has 3 N–H and O–H groups in total. The highest BCUT2D eigenvalue weighted by Gasteiger charge is 2.38. The molecule has 0 bridgehead atoms. The van der Waals surface area contributed by atoms with Crippen LogP contribution in [-0.2, 0) is 17.5 Å². The van der Waals surface area contributed by atoms with Gasteiger partial charge in [-0.25, -0.2) is 4.68 Å². The standard InChI is InChI=1S/C19H23F3N4O/c1-12-9-13(2)26(25-12)15-6-5-14(16(10-15)19(20,21)22)11-24-17(27)18(23)7-3-4-8-18/h5-6,9-10H,3-4,7-8,11,23H2,1-2H3,(H,24,27). The Kier molecular flexibility index (Phi) is 5.03. The second-order valence-corrected chi connectivity index (χ2v) is 7.22. The van der Waals surface area contributed by atoms with Crippen molar-refractivity contribution >= 4 is 5.91 Å². The Labute approximate surface area is 155 Å². The van der Waals surface area contributed by atoms with Crippen molar-refractivity contribution in [2.24, 2.45) is 5.73 Å². The third-order valence-electron chi connectivity index (χ3n) is 5.04. The first-order valence-corrected chi connectivity index (χ1v) is 8.91. The average molecular weight is 380 g/mol. The van der Waals surface area contributed by atoms with Gasteiger partial charge in [-0.2, -0.15) is 18.3 Å². The topological polar surface area (TPSA) is 72.9 Å². The lowest BCUT2D eigenvalue weighted by molar-refractivity contribution is -0.138. The van der Waals surface area contributed by atoms with Crippen molar-refractivity contribution in [3.05, 3.63) is 46.8 Å². The lowest BCUT2D eigenvalue weighted by Crippen LogP contribution is -2.51. The first-order chi connectivity index (χ1) is 12.6. The molecule has 1 fully saturated rings. The minimum Gasteiger partial charge on any atom is -0.350 e. The second kappa shape index (κ2) is 6.99. The van der Waals surface area contributed by atoms with Crippen LogP contribution < -0.4 is 11.1 Å². The van der Waals surface area contributed by atoms with Crippen LogP contribution in [0.5, 0.6) is 0 Å². The highest BCUT2D eigenvalue weighted by Crippen LogP contribution is 2.34. The Bertz CT molecular complexity index is 851. The number of aryl methyl sites for hydroxylation is 2. The fraction of sp³-hybridized carbons (Fsp3) is 0.474. The van der Waals surface area contributed by atoms with Crippen LogP contribution in [0.1, 0.15) is 48.2 Å². The van der Waals surface area contributed by atoms with Gasteiger partial charge >= 0.3 is 6.18 Å². The number of carbonyl (C=O) groups is 1. The largest absolute Gasteiger partial charge is 0.416 e. The SMILES string of the molecule is Cc1cc(C)n(-c2ccc(CNC(=O)C3(N)CCCC3)c(C(F)(F)F)c2)n1. The molecule has 1 aromatic heterocycles. The molecule has 1 aromatic carbocycles. The number of nitrogens with zero attached hydrogens (tertiary/aromatic N) is 2. The van der Waals surface area contributed by atoms with Gasteiger partial charge in [-0.1, -0.05) is 18.9 Å². The molecule has 1 saturated carbocycles. The van der Waals surface area contributed by atoms with Gasteiger partial charge < -0.3 is 11.1 Å². The van der Waals surface area contributed by atoms with Crippen LogP contribution in [0.15, 0.2) is 24.3 Å². The Morgan fingerprint density at radius 2 is 1.93 bits per heavy atom.